The minimum Gasteiger partial charge on any atom is -0.481 e. The quantitative estimate of drug-likeness (QED) is 0.790. The van der Waals surface area contributed by atoms with Gasteiger partial charge in [-0.3, -0.25) is 14.4 Å². The molecule has 108 valence electrons. The third-order valence-corrected chi connectivity index (χ3v) is 3.71. The number of aryl methyl sites for hydroxylation is 1. The topological polar surface area (TPSA) is 101 Å². The first-order valence-electron chi connectivity index (χ1n) is 6.54. The summed E-state index contributed by atoms with van der Waals surface area (Å²) < 4.78 is 1.07. The molecule has 1 aliphatic carbocycles. The summed E-state index contributed by atoms with van der Waals surface area (Å²) in [5, 5.41) is 15.6. The van der Waals surface area contributed by atoms with E-state index < -0.39 is 17.8 Å². The predicted octanol–water partition coefficient (Wildman–Crippen LogP) is 0.0110. The zero-order chi connectivity index (χ0) is 14.7. The number of aliphatic carboxylic acids is 1. The summed E-state index contributed by atoms with van der Waals surface area (Å²) in [4.78, 5) is 34.2. The van der Waals surface area contributed by atoms with Gasteiger partial charge in [0.1, 0.15) is 5.69 Å². The lowest BCUT2D eigenvalue weighted by molar-refractivity contribution is -0.144. The van der Waals surface area contributed by atoms with Crippen molar-refractivity contribution in [1.82, 2.24) is 15.1 Å². The molecule has 1 heterocycles. The summed E-state index contributed by atoms with van der Waals surface area (Å²) in [5.41, 5.74) is -0.204. The van der Waals surface area contributed by atoms with Crippen molar-refractivity contribution in [1.29, 1.82) is 0 Å². The molecule has 7 heteroatoms. The first-order chi connectivity index (χ1) is 9.49. The molecular weight excluding hydrogens is 262 g/mol. The fourth-order valence-electron chi connectivity index (χ4n) is 2.21. The third kappa shape index (κ3) is 3.04. The van der Waals surface area contributed by atoms with Crippen LogP contribution in [0.4, 0.5) is 0 Å². The summed E-state index contributed by atoms with van der Waals surface area (Å²) in [6.07, 6.45) is 2.83. The number of amides is 1. The lowest BCUT2D eigenvalue weighted by Crippen LogP contribution is -2.39. The van der Waals surface area contributed by atoms with Crippen molar-refractivity contribution in [3.63, 3.8) is 0 Å². The normalized spacial score (nSPS) is 16.2. The van der Waals surface area contributed by atoms with E-state index in [4.69, 9.17) is 5.11 Å². The van der Waals surface area contributed by atoms with Gasteiger partial charge in [0.2, 0.25) is 0 Å². The summed E-state index contributed by atoms with van der Waals surface area (Å²) in [5.74, 6) is -1.77. The van der Waals surface area contributed by atoms with Gasteiger partial charge in [-0.05, 0) is 24.8 Å². The van der Waals surface area contributed by atoms with Gasteiger partial charge in [0.05, 0.1) is 5.92 Å². The number of rotatable bonds is 5. The number of carboxylic acid groups (broad SMARTS) is 1. The van der Waals surface area contributed by atoms with Crippen molar-refractivity contribution in [2.24, 2.45) is 18.9 Å². The van der Waals surface area contributed by atoms with Gasteiger partial charge in [-0.2, -0.15) is 5.10 Å². The van der Waals surface area contributed by atoms with Gasteiger partial charge >= 0.3 is 5.97 Å². The Kier molecular flexibility index (Phi) is 4.16. The van der Waals surface area contributed by atoms with Crippen LogP contribution in [0, 0.1) is 11.8 Å². The fraction of sp³-hybridized carbons (Fsp3) is 0.538. The van der Waals surface area contributed by atoms with E-state index in [0.717, 1.165) is 23.9 Å². The second kappa shape index (κ2) is 5.85. The monoisotopic (exact) mass is 279 g/mol. The van der Waals surface area contributed by atoms with Gasteiger partial charge in [0, 0.05) is 19.7 Å². The number of hydrogen-bond acceptors (Lipinski definition) is 4. The van der Waals surface area contributed by atoms with Crippen LogP contribution in [0.2, 0.25) is 0 Å². The second-order valence-corrected chi connectivity index (χ2v) is 5.03. The smallest absolute Gasteiger partial charge is 0.308 e. The maximum absolute atomic E-state index is 11.9. The van der Waals surface area contributed by atoms with Crippen LogP contribution in [-0.2, 0) is 11.8 Å². The fourth-order valence-corrected chi connectivity index (χ4v) is 2.21. The Morgan fingerprint density at radius 2 is 2.20 bits per heavy atom. The summed E-state index contributed by atoms with van der Waals surface area (Å²) in [6, 6.07) is 2.58. The van der Waals surface area contributed by atoms with Crippen LogP contribution < -0.4 is 10.9 Å². The number of aromatic nitrogens is 2. The van der Waals surface area contributed by atoms with Gasteiger partial charge in [-0.25, -0.2) is 4.68 Å². The van der Waals surface area contributed by atoms with E-state index in [0.29, 0.717) is 0 Å². The molecule has 1 aromatic rings. The average molecular weight is 279 g/mol. The highest BCUT2D eigenvalue weighted by atomic mass is 16.4. The van der Waals surface area contributed by atoms with E-state index in [1.807, 2.05) is 0 Å². The summed E-state index contributed by atoms with van der Waals surface area (Å²) >= 11 is 0. The molecular formula is C13H17N3O4. The van der Waals surface area contributed by atoms with Crippen LogP contribution in [-0.4, -0.2) is 33.3 Å². The standard InChI is InChI=1S/C13H17N3O4/c1-16-11(17)6-5-10(15-16)12(18)14-7-9(13(19)20)8-3-2-4-8/h5-6,8-9H,2-4,7H2,1H3,(H,14,18)(H,19,20). The average Bonchev–Trinajstić information content (AvgIpc) is 2.34. The lowest BCUT2D eigenvalue weighted by atomic mass is 9.76. The lowest BCUT2D eigenvalue weighted by Gasteiger charge is -2.31. The minimum absolute atomic E-state index is 0.0867. The SMILES string of the molecule is Cn1nc(C(=O)NCC(C(=O)O)C2CCC2)ccc1=O. The highest BCUT2D eigenvalue weighted by molar-refractivity contribution is 5.92. The van der Waals surface area contributed by atoms with Crippen molar-refractivity contribution < 1.29 is 14.7 Å². The molecule has 0 aromatic carbocycles. The molecule has 1 amide bonds. The largest absolute Gasteiger partial charge is 0.481 e. The number of carbonyl (C=O) groups excluding carboxylic acids is 1. The van der Waals surface area contributed by atoms with E-state index >= 15 is 0 Å². The molecule has 2 rings (SSSR count). The van der Waals surface area contributed by atoms with E-state index in [1.54, 1.807) is 0 Å². The summed E-state index contributed by atoms with van der Waals surface area (Å²) in [7, 11) is 1.45. The molecule has 0 saturated heterocycles. The van der Waals surface area contributed by atoms with Crippen molar-refractivity contribution in [3.05, 3.63) is 28.2 Å². The van der Waals surface area contributed by atoms with E-state index in [1.165, 1.54) is 19.2 Å². The first-order valence-corrected chi connectivity index (χ1v) is 6.54. The molecule has 0 aliphatic heterocycles. The molecule has 1 unspecified atom stereocenters. The Morgan fingerprint density at radius 3 is 2.70 bits per heavy atom. The molecule has 1 aromatic heterocycles. The van der Waals surface area contributed by atoms with Gasteiger partial charge in [-0.15, -0.1) is 0 Å². The molecule has 1 saturated carbocycles. The number of nitrogens with zero attached hydrogens (tertiary/aromatic N) is 2. The Labute approximate surface area is 115 Å². The minimum atomic E-state index is -0.886. The number of carbonyl (C=O) groups is 2. The maximum atomic E-state index is 11.9. The molecule has 7 nitrogen and oxygen atoms in total. The van der Waals surface area contributed by atoms with Crippen LogP contribution in [0.5, 0.6) is 0 Å². The van der Waals surface area contributed by atoms with Crippen LogP contribution in [0.25, 0.3) is 0 Å². The molecule has 0 radical (unpaired) electrons. The van der Waals surface area contributed by atoms with Gasteiger partial charge < -0.3 is 10.4 Å². The van der Waals surface area contributed by atoms with Crippen molar-refractivity contribution in [2.45, 2.75) is 19.3 Å². The molecule has 1 aliphatic rings. The Morgan fingerprint density at radius 1 is 1.50 bits per heavy atom. The van der Waals surface area contributed by atoms with Gasteiger partial charge in [-0.1, -0.05) is 6.42 Å². The van der Waals surface area contributed by atoms with E-state index in [-0.39, 0.29) is 23.7 Å². The van der Waals surface area contributed by atoms with Crippen LogP contribution >= 0.6 is 0 Å². The van der Waals surface area contributed by atoms with Gasteiger partial charge in [0.25, 0.3) is 11.5 Å². The Bertz CT molecular complexity index is 577. The van der Waals surface area contributed by atoms with Crippen molar-refractivity contribution >= 4 is 11.9 Å². The third-order valence-electron chi connectivity index (χ3n) is 3.71. The molecule has 1 atom stereocenters. The number of carboxylic acids is 1. The molecule has 20 heavy (non-hydrogen) atoms. The van der Waals surface area contributed by atoms with E-state index in [9.17, 15) is 14.4 Å². The van der Waals surface area contributed by atoms with Crippen LogP contribution in [0.1, 0.15) is 29.8 Å². The Hall–Kier alpha value is -2.18. The van der Waals surface area contributed by atoms with Crippen molar-refractivity contribution in [2.75, 3.05) is 6.54 Å². The zero-order valence-corrected chi connectivity index (χ0v) is 11.2. The van der Waals surface area contributed by atoms with E-state index in [2.05, 4.69) is 10.4 Å². The highest BCUT2D eigenvalue weighted by Gasteiger charge is 2.32. The molecule has 0 bridgehead atoms. The molecule has 1 fully saturated rings. The maximum Gasteiger partial charge on any atom is 0.308 e. The predicted molar refractivity (Wildman–Crippen MR) is 70.3 cm³/mol. The van der Waals surface area contributed by atoms with Crippen LogP contribution in [0.3, 0.4) is 0 Å². The second-order valence-electron chi connectivity index (χ2n) is 5.03. The first kappa shape index (κ1) is 14.2. The highest BCUT2D eigenvalue weighted by Crippen LogP contribution is 2.33. The number of hydrogen-bond donors (Lipinski definition) is 2. The summed E-state index contributed by atoms with van der Waals surface area (Å²) in [6.45, 7) is 0.0867. The zero-order valence-electron chi connectivity index (χ0n) is 11.2. The van der Waals surface area contributed by atoms with Gasteiger partial charge in [0.15, 0.2) is 0 Å². The molecule has 2 N–H and O–H groups in total. The Balaban J connectivity index is 1.98. The van der Waals surface area contributed by atoms with Crippen LogP contribution in [0.15, 0.2) is 16.9 Å². The number of nitrogens with one attached hydrogen (secondary N) is 1. The molecule has 0 spiro atoms. The van der Waals surface area contributed by atoms with Crippen molar-refractivity contribution in [3.8, 4) is 0 Å².